The van der Waals surface area contributed by atoms with E-state index in [1.54, 1.807) is 5.31 Å². The van der Waals surface area contributed by atoms with Gasteiger partial charge in [0.15, 0.2) is 0 Å². The highest BCUT2D eigenvalue weighted by molar-refractivity contribution is 7.99. The molecule has 0 aliphatic heterocycles. The van der Waals surface area contributed by atoms with Crippen molar-refractivity contribution in [3.8, 4) is 0 Å². The van der Waals surface area contributed by atoms with Crippen molar-refractivity contribution in [2.45, 2.75) is 12.2 Å². The normalized spacial score (nSPS) is 18.5. The van der Waals surface area contributed by atoms with Gasteiger partial charge >= 0.3 is 0 Å². The summed E-state index contributed by atoms with van der Waals surface area (Å²) in [5.74, 6) is 0.543. The third kappa shape index (κ3) is 3.21. The number of benzene rings is 2. The molecular weight excluding hydrogens is 303 g/mol. The fourth-order valence-corrected chi connectivity index (χ4v) is 6.16. The Morgan fingerprint density at radius 1 is 0.909 bits per heavy atom. The molecule has 2 unspecified atom stereocenters. The molecule has 0 heterocycles. The summed E-state index contributed by atoms with van der Waals surface area (Å²) in [6, 6.07) is 21.9. The summed E-state index contributed by atoms with van der Waals surface area (Å²) < 4.78 is 0. The van der Waals surface area contributed by atoms with Crippen molar-refractivity contribution in [1.82, 2.24) is 0 Å². The zero-order chi connectivity index (χ0) is 15.4. The number of allylic oxidation sites excluding steroid dienone is 4. The van der Waals surface area contributed by atoms with Gasteiger partial charge in [0.1, 0.15) is 0 Å². The second-order valence-corrected chi connectivity index (χ2v) is 8.88. The minimum atomic E-state index is -0.444. The Bertz CT molecular complexity index is 621. The van der Waals surface area contributed by atoms with Gasteiger partial charge in [-0.15, -0.1) is 0 Å². The molecule has 2 atom stereocenters. The van der Waals surface area contributed by atoms with Crippen LogP contribution >= 0.6 is 19.7 Å². The molecule has 0 fully saturated rings. The van der Waals surface area contributed by atoms with E-state index in [0.717, 1.165) is 0 Å². The highest BCUT2D eigenvalue weighted by Gasteiger charge is 2.28. The maximum atomic E-state index is 2.37. The molecular formula is C20H21PS. The van der Waals surface area contributed by atoms with E-state index in [1.807, 2.05) is 11.8 Å². The predicted molar refractivity (Wildman–Crippen MR) is 103 cm³/mol. The highest BCUT2D eigenvalue weighted by atomic mass is 32.2. The van der Waals surface area contributed by atoms with Crippen molar-refractivity contribution in [3.63, 3.8) is 0 Å². The van der Waals surface area contributed by atoms with Crippen LogP contribution in [0.4, 0.5) is 0 Å². The Labute approximate surface area is 139 Å². The van der Waals surface area contributed by atoms with Crippen LogP contribution in [0.1, 0.15) is 6.92 Å². The SMILES string of the molecule is CSC(C)C1C=CC=C1P(c1ccccc1)c1ccccc1. The Morgan fingerprint density at radius 2 is 1.45 bits per heavy atom. The van der Waals surface area contributed by atoms with E-state index in [1.165, 1.54) is 10.6 Å². The molecule has 2 aromatic rings. The smallest absolute Gasteiger partial charge is 0.0148 e. The van der Waals surface area contributed by atoms with Crippen molar-refractivity contribution >= 4 is 30.3 Å². The van der Waals surface area contributed by atoms with Crippen LogP contribution in [0.15, 0.2) is 84.2 Å². The molecule has 0 bridgehead atoms. The van der Waals surface area contributed by atoms with Crippen LogP contribution in [0.3, 0.4) is 0 Å². The molecule has 0 radical (unpaired) electrons. The third-order valence-electron chi connectivity index (χ3n) is 4.09. The zero-order valence-electron chi connectivity index (χ0n) is 13.0. The summed E-state index contributed by atoms with van der Waals surface area (Å²) in [6.07, 6.45) is 9.18. The van der Waals surface area contributed by atoms with Crippen LogP contribution in [0.2, 0.25) is 0 Å². The molecule has 0 nitrogen and oxygen atoms in total. The van der Waals surface area contributed by atoms with E-state index < -0.39 is 7.92 Å². The first kappa shape index (κ1) is 15.6. The topological polar surface area (TPSA) is 0 Å². The van der Waals surface area contributed by atoms with Gasteiger partial charge in [-0.3, -0.25) is 0 Å². The predicted octanol–water partition coefficient (Wildman–Crippen LogP) is 4.94. The summed E-state index contributed by atoms with van der Waals surface area (Å²) in [7, 11) is -0.444. The van der Waals surface area contributed by atoms with Gasteiger partial charge in [-0.25, -0.2) is 0 Å². The van der Waals surface area contributed by atoms with Crippen LogP contribution in [-0.2, 0) is 0 Å². The Morgan fingerprint density at radius 3 is 1.95 bits per heavy atom. The van der Waals surface area contributed by atoms with Crippen molar-refractivity contribution in [2.24, 2.45) is 5.92 Å². The first-order chi connectivity index (χ1) is 10.8. The quantitative estimate of drug-likeness (QED) is 0.702. The lowest BCUT2D eigenvalue weighted by Gasteiger charge is -2.28. The summed E-state index contributed by atoms with van der Waals surface area (Å²) in [6.45, 7) is 2.34. The molecule has 1 aliphatic carbocycles. The molecule has 112 valence electrons. The summed E-state index contributed by atoms with van der Waals surface area (Å²) in [4.78, 5) is 0. The lowest BCUT2D eigenvalue weighted by atomic mass is 10.1. The standard InChI is InChI=1S/C20H21PS/c1-16(22-2)19-14-9-15-20(19)21(17-10-5-3-6-11-17)18-12-7-4-8-13-18/h3-16,19H,1-2H3. The molecule has 22 heavy (non-hydrogen) atoms. The van der Waals surface area contributed by atoms with Crippen LogP contribution in [0.5, 0.6) is 0 Å². The maximum absolute atomic E-state index is 2.37. The second-order valence-electron chi connectivity index (χ2n) is 5.45. The minimum Gasteiger partial charge on any atom is -0.161 e. The van der Waals surface area contributed by atoms with Gasteiger partial charge < -0.3 is 0 Å². The van der Waals surface area contributed by atoms with E-state index in [-0.39, 0.29) is 0 Å². The lowest BCUT2D eigenvalue weighted by Crippen LogP contribution is -2.19. The summed E-state index contributed by atoms with van der Waals surface area (Å²) in [5.41, 5.74) is 0. The van der Waals surface area contributed by atoms with Gasteiger partial charge in [0.2, 0.25) is 0 Å². The van der Waals surface area contributed by atoms with Crippen LogP contribution < -0.4 is 10.6 Å². The van der Waals surface area contributed by atoms with E-state index in [0.29, 0.717) is 11.2 Å². The molecule has 2 heteroatoms. The number of thioether (sulfide) groups is 1. The largest absolute Gasteiger partial charge is 0.161 e. The van der Waals surface area contributed by atoms with E-state index in [2.05, 4.69) is 92.1 Å². The Balaban J connectivity index is 2.04. The van der Waals surface area contributed by atoms with Crippen LogP contribution in [-0.4, -0.2) is 11.5 Å². The van der Waals surface area contributed by atoms with E-state index in [9.17, 15) is 0 Å². The molecule has 0 aromatic heterocycles. The molecule has 0 saturated carbocycles. The van der Waals surface area contributed by atoms with Crippen LogP contribution in [0, 0.1) is 5.92 Å². The van der Waals surface area contributed by atoms with Gasteiger partial charge in [0.25, 0.3) is 0 Å². The van der Waals surface area contributed by atoms with Gasteiger partial charge in [0.05, 0.1) is 0 Å². The Hall–Kier alpha value is -1.30. The van der Waals surface area contributed by atoms with Gasteiger partial charge in [-0.05, 0) is 30.1 Å². The first-order valence-corrected chi connectivity index (χ1v) is 10.3. The van der Waals surface area contributed by atoms with Crippen LogP contribution in [0.25, 0.3) is 0 Å². The fourth-order valence-electron chi connectivity index (χ4n) is 2.85. The average molecular weight is 324 g/mol. The van der Waals surface area contributed by atoms with E-state index >= 15 is 0 Å². The summed E-state index contributed by atoms with van der Waals surface area (Å²) >= 11 is 1.95. The Kier molecular flexibility index (Phi) is 5.18. The van der Waals surface area contributed by atoms with Crippen molar-refractivity contribution < 1.29 is 0 Å². The number of hydrogen-bond acceptors (Lipinski definition) is 1. The monoisotopic (exact) mass is 324 g/mol. The fraction of sp³-hybridized carbons (Fsp3) is 0.200. The molecule has 0 saturated heterocycles. The van der Waals surface area contributed by atoms with E-state index in [4.69, 9.17) is 0 Å². The van der Waals surface area contributed by atoms with Gasteiger partial charge in [0, 0.05) is 11.2 Å². The molecule has 0 N–H and O–H groups in total. The molecule has 0 spiro atoms. The minimum absolute atomic E-state index is 0.444. The molecule has 2 aromatic carbocycles. The highest BCUT2D eigenvalue weighted by Crippen LogP contribution is 2.50. The molecule has 3 rings (SSSR count). The first-order valence-electron chi connectivity index (χ1n) is 7.62. The maximum Gasteiger partial charge on any atom is 0.0148 e. The molecule has 1 aliphatic rings. The van der Waals surface area contributed by atoms with Crippen molar-refractivity contribution in [3.05, 3.63) is 84.2 Å². The average Bonchev–Trinajstić information content (AvgIpc) is 3.06. The lowest BCUT2D eigenvalue weighted by molar-refractivity contribution is 0.794. The molecule has 0 amide bonds. The van der Waals surface area contributed by atoms with Gasteiger partial charge in [-0.1, -0.05) is 85.8 Å². The second kappa shape index (κ2) is 7.31. The third-order valence-corrected chi connectivity index (χ3v) is 7.72. The number of hydrogen-bond donors (Lipinski definition) is 0. The van der Waals surface area contributed by atoms with Gasteiger partial charge in [-0.2, -0.15) is 11.8 Å². The number of rotatable bonds is 5. The zero-order valence-corrected chi connectivity index (χ0v) is 14.7. The van der Waals surface area contributed by atoms with Crippen molar-refractivity contribution in [2.75, 3.05) is 6.26 Å². The summed E-state index contributed by atoms with van der Waals surface area (Å²) in [5, 5.41) is 5.07. The van der Waals surface area contributed by atoms with Crippen molar-refractivity contribution in [1.29, 1.82) is 0 Å².